The molecule has 0 saturated heterocycles. The maximum absolute atomic E-state index is 12.0. The van der Waals surface area contributed by atoms with Crippen LogP contribution in [0.3, 0.4) is 0 Å². The highest BCUT2D eigenvalue weighted by Crippen LogP contribution is 2.17. The van der Waals surface area contributed by atoms with Crippen molar-refractivity contribution in [1.29, 1.82) is 0 Å². The fourth-order valence-corrected chi connectivity index (χ4v) is 2.40. The first-order valence-corrected chi connectivity index (χ1v) is 8.32. The van der Waals surface area contributed by atoms with Gasteiger partial charge in [0.15, 0.2) is 0 Å². The zero-order valence-electron chi connectivity index (χ0n) is 12.5. The van der Waals surface area contributed by atoms with E-state index in [2.05, 4.69) is 36.7 Å². The van der Waals surface area contributed by atoms with Gasteiger partial charge in [-0.05, 0) is 47.2 Å². The highest BCUT2D eigenvalue weighted by atomic mass is 79.9. The Morgan fingerprint density at radius 1 is 1.12 bits per heavy atom. The molecule has 24 heavy (non-hydrogen) atoms. The van der Waals surface area contributed by atoms with Crippen molar-refractivity contribution in [3.63, 3.8) is 0 Å². The molecular weight excluding hydrogens is 394 g/mol. The van der Waals surface area contributed by atoms with E-state index in [9.17, 15) is 4.79 Å². The van der Waals surface area contributed by atoms with E-state index in [0.717, 1.165) is 15.6 Å². The van der Waals surface area contributed by atoms with Crippen LogP contribution in [0.5, 0.6) is 0 Å². The highest BCUT2D eigenvalue weighted by molar-refractivity contribution is 9.10. The predicted octanol–water partition coefficient (Wildman–Crippen LogP) is 3.07. The van der Waals surface area contributed by atoms with Crippen LogP contribution in [0.2, 0.25) is 5.02 Å². The highest BCUT2D eigenvalue weighted by Gasteiger charge is 2.09. The SMILES string of the molecule is O=C(Cn1nnc(-c2ccc(Br)cc2)n1)NCc1ccc(Cl)cc1. The summed E-state index contributed by atoms with van der Waals surface area (Å²) in [5, 5.41) is 15.6. The zero-order valence-corrected chi connectivity index (χ0v) is 14.8. The van der Waals surface area contributed by atoms with Crippen LogP contribution in [0.4, 0.5) is 0 Å². The Labute approximate surface area is 152 Å². The minimum atomic E-state index is -0.190. The van der Waals surface area contributed by atoms with Gasteiger partial charge in [-0.25, -0.2) is 0 Å². The van der Waals surface area contributed by atoms with Crippen molar-refractivity contribution in [2.45, 2.75) is 13.1 Å². The second kappa shape index (κ2) is 7.55. The van der Waals surface area contributed by atoms with Gasteiger partial charge in [-0.2, -0.15) is 4.80 Å². The van der Waals surface area contributed by atoms with Gasteiger partial charge in [0.05, 0.1) is 0 Å². The minimum absolute atomic E-state index is 0.0110. The Hall–Kier alpha value is -2.25. The Morgan fingerprint density at radius 2 is 1.83 bits per heavy atom. The topological polar surface area (TPSA) is 72.7 Å². The molecule has 1 aromatic heterocycles. The molecule has 0 radical (unpaired) electrons. The molecule has 0 unspecified atom stereocenters. The van der Waals surface area contributed by atoms with Crippen molar-refractivity contribution in [2.24, 2.45) is 0 Å². The molecular formula is C16H13BrClN5O. The Balaban J connectivity index is 1.57. The number of rotatable bonds is 5. The van der Waals surface area contributed by atoms with E-state index in [1.807, 2.05) is 36.4 Å². The smallest absolute Gasteiger partial charge is 0.243 e. The van der Waals surface area contributed by atoms with Gasteiger partial charge in [0.25, 0.3) is 0 Å². The number of tetrazole rings is 1. The van der Waals surface area contributed by atoms with Crippen LogP contribution in [0.25, 0.3) is 11.4 Å². The number of carbonyl (C=O) groups excluding carboxylic acids is 1. The van der Waals surface area contributed by atoms with Crippen molar-refractivity contribution in [2.75, 3.05) is 0 Å². The van der Waals surface area contributed by atoms with Gasteiger partial charge in [0, 0.05) is 21.6 Å². The average molecular weight is 407 g/mol. The number of aromatic nitrogens is 4. The maximum Gasteiger partial charge on any atom is 0.243 e. The Bertz CT molecular complexity index is 832. The number of halogens is 2. The van der Waals surface area contributed by atoms with Crippen molar-refractivity contribution in [3.05, 3.63) is 63.6 Å². The van der Waals surface area contributed by atoms with Crippen molar-refractivity contribution in [3.8, 4) is 11.4 Å². The van der Waals surface area contributed by atoms with E-state index in [4.69, 9.17) is 11.6 Å². The summed E-state index contributed by atoms with van der Waals surface area (Å²) >= 11 is 9.20. The summed E-state index contributed by atoms with van der Waals surface area (Å²) in [7, 11) is 0. The first-order valence-electron chi connectivity index (χ1n) is 7.15. The van der Waals surface area contributed by atoms with Gasteiger partial charge in [-0.15, -0.1) is 10.2 Å². The molecule has 6 nitrogen and oxygen atoms in total. The molecule has 1 amide bonds. The predicted molar refractivity (Wildman–Crippen MR) is 94.3 cm³/mol. The lowest BCUT2D eigenvalue weighted by Crippen LogP contribution is -2.28. The van der Waals surface area contributed by atoms with Crippen LogP contribution in [0, 0.1) is 0 Å². The molecule has 3 aromatic rings. The molecule has 122 valence electrons. The van der Waals surface area contributed by atoms with Crippen molar-refractivity contribution in [1.82, 2.24) is 25.5 Å². The van der Waals surface area contributed by atoms with E-state index in [1.54, 1.807) is 12.1 Å². The quantitative estimate of drug-likeness (QED) is 0.707. The first kappa shape index (κ1) is 16.6. The summed E-state index contributed by atoms with van der Waals surface area (Å²) in [4.78, 5) is 13.2. The molecule has 0 aliphatic carbocycles. The van der Waals surface area contributed by atoms with Crippen LogP contribution in [0.15, 0.2) is 53.0 Å². The lowest BCUT2D eigenvalue weighted by atomic mass is 10.2. The van der Waals surface area contributed by atoms with Crippen molar-refractivity contribution < 1.29 is 4.79 Å². The second-order valence-electron chi connectivity index (χ2n) is 5.05. The number of nitrogens with zero attached hydrogens (tertiary/aromatic N) is 4. The Morgan fingerprint density at radius 3 is 2.54 bits per heavy atom. The molecule has 0 spiro atoms. The summed E-state index contributed by atoms with van der Waals surface area (Å²) in [6.45, 7) is 0.432. The lowest BCUT2D eigenvalue weighted by Gasteiger charge is -2.04. The molecule has 0 fully saturated rings. The number of hydrogen-bond acceptors (Lipinski definition) is 4. The normalized spacial score (nSPS) is 10.6. The van der Waals surface area contributed by atoms with E-state index in [-0.39, 0.29) is 12.5 Å². The van der Waals surface area contributed by atoms with Gasteiger partial charge in [0.2, 0.25) is 11.7 Å². The molecule has 0 bridgehead atoms. The Kier molecular flexibility index (Phi) is 5.22. The minimum Gasteiger partial charge on any atom is -0.350 e. The van der Waals surface area contributed by atoms with Crippen LogP contribution in [-0.4, -0.2) is 26.1 Å². The number of nitrogens with one attached hydrogen (secondary N) is 1. The van der Waals surface area contributed by atoms with Gasteiger partial charge in [-0.1, -0.05) is 39.7 Å². The molecule has 3 rings (SSSR count). The molecule has 8 heteroatoms. The molecule has 0 aliphatic heterocycles. The fraction of sp³-hybridized carbons (Fsp3) is 0.125. The molecule has 0 saturated carbocycles. The molecule has 1 heterocycles. The summed E-state index contributed by atoms with van der Waals surface area (Å²) in [6.07, 6.45) is 0. The molecule has 2 aromatic carbocycles. The number of benzene rings is 2. The van der Waals surface area contributed by atoms with Crippen LogP contribution in [-0.2, 0) is 17.9 Å². The van der Waals surface area contributed by atoms with Crippen LogP contribution < -0.4 is 5.32 Å². The monoisotopic (exact) mass is 405 g/mol. The average Bonchev–Trinajstić information content (AvgIpc) is 3.03. The number of carbonyl (C=O) groups is 1. The number of hydrogen-bond donors (Lipinski definition) is 1. The van der Waals surface area contributed by atoms with Crippen LogP contribution in [0.1, 0.15) is 5.56 Å². The summed E-state index contributed by atoms with van der Waals surface area (Å²) in [5.74, 6) is 0.290. The summed E-state index contributed by atoms with van der Waals surface area (Å²) < 4.78 is 0.972. The van der Waals surface area contributed by atoms with Gasteiger partial charge in [-0.3, -0.25) is 4.79 Å². The maximum atomic E-state index is 12.0. The van der Waals surface area contributed by atoms with Gasteiger partial charge < -0.3 is 5.32 Å². The van der Waals surface area contributed by atoms with Gasteiger partial charge in [0.1, 0.15) is 6.54 Å². The first-order chi connectivity index (χ1) is 11.6. The second-order valence-corrected chi connectivity index (χ2v) is 6.41. The van der Waals surface area contributed by atoms with E-state index < -0.39 is 0 Å². The molecule has 0 aliphatic rings. The molecule has 0 atom stereocenters. The standard InChI is InChI=1S/C16H13BrClN5O/c17-13-5-3-12(4-6-13)16-20-22-23(21-16)10-15(24)19-9-11-1-7-14(18)8-2-11/h1-8H,9-10H2,(H,19,24). The van der Waals surface area contributed by atoms with E-state index in [0.29, 0.717) is 17.4 Å². The molecule has 1 N–H and O–H groups in total. The number of amides is 1. The third-order valence-electron chi connectivity index (χ3n) is 3.24. The van der Waals surface area contributed by atoms with E-state index in [1.165, 1.54) is 4.80 Å². The summed E-state index contributed by atoms with van der Waals surface area (Å²) in [5.41, 5.74) is 1.81. The van der Waals surface area contributed by atoms with Crippen molar-refractivity contribution >= 4 is 33.4 Å². The summed E-state index contributed by atoms with van der Waals surface area (Å²) in [6, 6.07) is 14.9. The third-order valence-corrected chi connectivity index (χ3v) is 4.02. The largest absolute Gasteiger partial charge is 0.350 e. The van der Waals surface area contributed by atoms with E-state index >= 15 is 0 Å². The zero-order chi connectivity index (χ0) is 16.9. The van der Waals surface area contributed by atoms with Gasteiger partial charge >= 0.3 is 0 Å². The fourth-order valence-electron chi connectivity index (χ4n) is 2.01. The third kappa shape index (κ3) is 4.39. The van der Waals surface area contributed by atoms with Crippen LogP contribution >= 0.6 is 27.5 Å². The lowest BCUT2D eigenvalue weighted by molar-refractivity contribution is -0.122.